The molecule has 4 rings (SSSR count). The number of piperazine rings is 1. The van der Waals surface area contributed by atoms with Crippen LogP contribution >= 0.6 is 0 Å². The van der Waals surface area contributed by atoms with E-state index in [-0.39, 0.29) is 12.5 Å². The Bertz CT molecular complexity index is 802. The third-order valence-electron chi connectivity index (χ3n) is 4.88. The van der Waals surface area contributed by atoms with Gasteiger partial charge in [0.25, 0.3) is 5.91 Å². The van der Waals surface area contributed by atoms with Crippen molar-refractivity contribution in [3.8, 4) is 17.2 Å². The zero-order valence-corrected chi connectivity index (χ0v) is 15.5. The first kappa shape index (κ1) is 17.5. The molecule has 6 nitrogen and oxygen atoms in total. The highest BCUT2D eigenvalue weighted by Gasteiger charge is 2.33. The van der Waals surface area contributed by atoms with Crippen molar-refractivity contribution in [3.63, 3.8) is 0 Å². The predicted octanol–water partition coefficient (Wildman–Crippen LogP) is 2.57. The van der Waals surface area contributed by atoms with E-state index >= 15 is 0 Å². The highest BCUT2D eigenvalue weighted by molar-refractivity contribution is 5.82. The summed E-state index contributed by atoms with van der Waals surface area (Å²) in [4.78, 5) is 17.0. The number of ether oxygens (including phenoxy) is 3. The lowest BCUT2D eigenvalue weighted by molar-refractivity contribution is -0.141. The maximum absolute atomic E-state index is 12.9. The van der Waals surface area contributed by atoms with Crippen LogP contribution in [0.5, 0.6) is 17.2 Å². The standard InChI is InChI=1S/C21H24N2O4/c1-2-25-17-8-4-3-7-16(17)22-11-13-23(14-12-22)21(24)20-15-26-18-9-5-6-10-19(18)27-20/h3-10,20H,2,11-15H2,1H3/t20-/m1/s1. The van der Waals surface area contributed by atoms with Gasteiger partial charge in [-0.1, -0.05) is 24.3 Å². The van der Waals surface area contributed by atoms with E-state index in [9.17, 15) is 4.79 Å². The van der Waals surface area contributed by atoms with Crippen LogP contribution in [-0.2, 0) is 4.79 Å². The van der Waals surface area contributed by atoms with Crippen LogP contribution in [0, 0.1) is 0 Å². The number of amides is 1. The van der Waals surface area contributed by atoms with Crippen LogP contribution in [-0.4, -0.2) is 56.3 Å². The highest BCUT2D eigenvalue weighted by Crippen LogP contribution is 2.32. The van der Waals surface area contributed by atoms with Gasteiger partial charge >= 0.3 is 0 Å². The molecule has 2 aromatic carbocycles. The molecule has 2 aromatic rings. The average Bonchev–Trinajstić information content (AvgIpc) is 2.74. The van der Waals surface area contributed by atoms with E-state index in [2.05, 4.69) is 11.0 Å². The summed E-state index contributed by atoms with van der Waals surface area (Å²) in [6.07, 6.45) is -0.581. The van der Waals surface area contributed by atoms with E-state index in [0.717, 1.165) is 24.5 Å². The van der Waals surface area contributed by atoms with Crippen LogP contribution < -0.4 is 19.1 Å². The normalized spacial score (nSPS) is 18.9. The first-order chi connectivity index (χ1) is 13.3. The van der Waals surface area contributed by atoms with Crippen LogP contribution in [0.4, 0.5) is 5.69 Å². The molecule has 0 radical (unpaired) electrons. The zero-order valence-electron chi connectivity index (χ0n) is 15.5. The molecule has 1 amide bonds. The van der Waals surface area contributed by atoms with Crippen LogP contribution in [0.3, 0.4) is 0 Å². The Balaban J connectivity index is 1.38. The summed E-state index contributed by atoms with van der Waals surface area (Å²) in [5.74, 6) is 2.20. The minimum absolute atomic E-state index is 0.0118. The van der Waals surface area contributed by atoms with Gasteiger partial charge in [0.05, 0.1) is 12.3 Å². The molecule has 2 aliphatic heterocycles. The second-order valence-corrected chi connectivity index (χ2v) is 6.58. The number of nitrogens with zero attached hydrogens (tertiary/aromatic N) is 2. The summed E-state index contributed by atoms with van der Waals surface area (Å²) in [6.45, 7) is 5.71. The number of fused-ring (bicyclic) bond motifs is 1. The first-order valence-corrected chi connectivity index (χ1v) is 9.40. The monoisotopic (exact) mass is 368 g/mol. The molecule has 0 N–H and O–H groups in total. The second kappa shape index (κ2) is 7.78. The number of hydrogen-bond acceptors (Lipinski definition) is 5. The van der Waals surface area contributed by atoms with Crippen LogP contribution in [0.1, 0.15) is 6.92 Å². The van der Waals surface area contributed by atoms with Gasteiger partial charge in [0.2, 0.25) is 6.10 Å². The predicted molar refractivity (Wildman–Crippen MR) is 103 cm³/mol. The first-order valence-electron chi connectivity index (χ1n) is 9.40. The smallest absolute Gasteiger partial charge is 0.267 e. The Morgan fingerprint density at radius 1 is 1.04 bits per heavy atom. The molecule has 1 fully saturated rings. The number of hydrogen-bond donors (Lipinski definition) is 0. The number of para-hydroxylation sites is 4. The lowest BCUT2D eigenvalue weighted by Gasteiger charge is -2.38. The Hall–Kier alpha value is -2.89. The highest BCUT2D eigenvalue weighted by atomic mass is 16.6. The Kier molecular flexibility index (Phi) is 5.05. The summed E-state index contributed by atoms with van der Waals surface area (Å²) >= 11 is 0. The quantitative estimate of drug-likeness (QED) is 0.830. The van der Waals surface area contributed by atoms with Gasteiger partial charge in [0, 0.05) is 26.2 Å². The number of carbonyl (C=O) groups excluding carboxylic acids is 1. The van der Waals surface area contributed by atoms with E-state index in [1.54, 1.807) is 0 Å². The molecule has 27 heavy (non-hydrogen) atoms. The lowest BCUT2D eigenvalue weighted by Crippen LogP contribution is -2.54. The summed E-state index contributed by atoms with van der Waals surface area (Å²) in [5, 5.41) is 0. The molecule has 6 heteroatoms. The molecule has 0 bridgehead atoms. The van der Waals surface area contributed by atoms with Gasteiger partial charge in [0.15, 0.2) is 11.5 Å². The Morgan fingerprint density at radius 2 is 1.74 bits per heavy atom. The number of carbonyl (C=O) groups is 1. The fourth-order valence-corrected chi connectivity index (χ4v) is 3.51. The molecule has 0 saturated carbocycles. The Morgan fingerprint density at radius 3 is 2.52 bits per heavy atom. The molecule has 2 aliphatic rings. The molecule has 1 atom stereocenters. The van der Waals surface area contributed by atoms with E-state index in [0.29, 0.717) is 31.2 Å². The molecule has 0 unspecified atom stereocenters. The fraction of sp³-hybridized carbons (Fsp3) is 0.381. The molecule has 0 aromatic heterocycles. The van der Waals surface area contributed by atoms with Crippen LogP contribution in [0.15, 0.2) is 48.5 Å². The average molecular weight is 368 g/mol. The third kappa shape index (κ3) is 3.65. The number of anilines is 1. The van der Waals surface area contributed by atoms with Gasteiger partial charge in [-0.25, -0.2) is 0 Å². The maximum Gasteiger partial charge on any atom is 0.267 e. The molecular weight excluding hydrogens is 344 g/mol. The van der Waals surface area contributed by atoms with E-state index in [1.165, 1.54) is 0 Å². The van der Waals surface area contributed by atoms with Gasteiger partial charge in [0.1, 0.15) is 12.4 Å². The minimum Gasteiger partial charge on any atom is -0.492 e. The zero-order chi connectivity index (χ0) is 18.6. The van der Waals surface area contributed by atoms with E-state index in [4.69, 9.17) is 14.2 Å². The summed E-state index contributed by atoms with van der Waals surface area (Å²) in [6, 6.07) is 15.5. The van der Waals surface area contributed by atoms with Crippen LogP contribution in [0.2, 0.25) is 0 Å². The number of rotatable bonds is 4. The van der Waals surface area contributed by atoms with E-state index < -0.39 is 6.10 Å². The van der Waals surface area contributed by atoms with Gasteiger partial charge in [-0.05, 0) is 31.2 Å². The topological polar surface area (TPSA) is 51.2 Å². The van der Waals surface area contributed by atoms with Crippen molar-refractivity contribution < 1.29 is 19.0 Å². The summed E-state index contributed by atoms with van der Waals surface area (Å²) < 4.78 is 17.3. The largest absolute Gasteiger partial charge is 0.492 e. The SMILES string of the molecule is CCOc1ccccc1N1CCN(C(=O)[C@H]2COc3ccccc3O2)CC1. The van der Waals surface area contributed by atoms with Crippen molar-refractivity contribution in [2.75, 3.05) is 44.3 Å². The molecule has 142 valence electrons. The van der Waals surface area contributed by atoms with Crippen molar-refractivity contribution in [2.24, 2.45) is 0 Å². The summed E-state index contributed by atoms with van der Waals surface area (Å²) in [5.41, 5.74) is 1.08. The maximum atomic E-state index is 12.9. The second-order valence-electron chi connectivity index (χ2n) is 6.58. The van der Waals surface area contributed by atoms with E-state index in [1.807, 2.05) is 54.3 Å². The van der Waals surface area contributed by atoms with Crippen molar-refractivity contribution in [2.45, 2.75) is 13.0 Å². The molecule has 1 saturated heterocycles. The minimum atomic E-state index is -0.581. The summed E-state index contributed by atoms with van der Waals surface area (Å²) in [7, 11) is 0. The molecule has 0 spiro atoms. The van der Waals surface area contributed by atoms with Crippen LogP contribution in [0.25, 0.3) is 0 Å². The molecule has 0 aliphatic carbocycles. The molecular formula is C21H24N2O4. The number of benzene rings is 2. The molecule has 2 heterocycles. The van der Waals surface area contributed by atoms with Gasteiger partial charge < -0.3 is 24.0 Å². The Labute approximate surface area is 159 Å². The van der Waals surface area contributed by atoms with Gasteiger partial charge in [-0.15, -0.1) is 0 Å². The lowest BCUT2D eigenvalue weighted by atomic mass is 10.2. The van der Waals surface area contributed by atoms with Gasteiger partial charge in [-0.3, -0.25) is 4.79 Å². The van der Waals surface area contributed by atoms with Gasteiger partial charge in [-0.2, -0.15) is 0 Å². The fourth-order valence-electron chi connectivity index (χ4n) is 3.51. The van der Waals surface area contributed by atoms with Crippen molar-refractivity contribution in [1.82, 2.24) is 4.90 Å². The van der Waals surface area contributed by atoms with Crippen molar-refractivity contribution in [1.29, 1.82) is 0 Å². The third-order valence-corrected chi connectivity index (χ3v) is 4.88. The van der Waals surface area contributed by atoms with Crippen molar-refractivity contribution in [3.05, 3.63) is 48.5 Å². The van der Waals surface area contributed by atoms with Crippen molar-refractivity contribution >= 4 is 11.6 Å².